The van der Waals surface area contributed by atoms with Crippen LogP contribution in [0.3, 0.4) is 0 Å². The summed E-state index contributed by atoms with van der Waals surface area (Å²) in [5.74, 6) is -0.828. The summed E-state index contributed by atoms with van der Waals surface area (Å²) in [6, 6.07) is 15.2. The Morgan fingerprint density at radius 3 is 2.67 bits per heavy atom. The summed E-state index contributed by atoms with van der Waals surface area (Å²) in [7, 11) is 0. The highest BCUT2D eigenvalue weighted by molar-refractivity contribution is 9.10. The van der Waals surface area contributed by atoms with Crippen molar-refractivity contribution < 1.29 is 4.79 Å². The third-order valence-electron chi connectivity index (χ3n) is 3.70. The molecular formula is C18H15BrN4O. The van der Waals surface area contributed by atoms with Gasteiger partial charge in [0, 0.05) is 15.4 Å². The molecule has 0 aliphatic rings. The second-order valence-electron chi connectivity index (χ2n) is 5.37. The van der Waals surface area contributed by atoms with E-state index in [1.807, 2.05) is 49.4 Å². The molecule has 0 fully saturated rings. The van der Waals surface area contributed by atoms with E-state index >= 15 is 0 Å². The lowest BCUT2D eigenvalue weighted by atomic mass is 10.0. The number of carbonyl (C=O) groups excluding carboxylic acids is 1. The zero-order valence-corrected chi connectivity index (χ0v) is 14.5. The van der Waals surface area contributed by atoms with Crippen molar-refractivity contribution in [3.05, 3.63) is 64.1 Å². The van der Waals surface area contributed by atoms with Crippen LogP contribution in [0.1, 0.15) is 15.9 Å². The van der Waals surface area contributed by atoms with Crippen LogP contribution >= 0.6 is 15.9 Å². The summed E-state index contributed by atoms with van der Waals surface area (Å²) in [4.78, 5) is 17.2. The van der Waals surface area contributed by atoms with Gasteiger partial charge in [-0.05, 0) is 30.7 Å². The SMILES string of the molecule is Cc1ccccc1-c1cc(C(=O)NC(=N)N)c2c(Br)cccc2n1. The summed E-state index contributed by atoms with van der Waals surface area (Å²) in [5.41, 5.74) is 9.14. The van der Waals surface area contributed by atoms with E-state index in [0.29, 0.717) is 22.2 Å². The van der Waals surface area contributed by atoms with Crippen molar-refractivity contribution in [1.82, 2.24) is 10.3 Å². The first-order chi connectivity index (χ1) is 11.5. The number of nitrogens with one attached hydrogen (secondary N) is 2. The van der Waals surface area contributed by atoms with Crippen molar-refractivity contribution >= 4 is 38.7 Å². The molecular weight excluding hydrogens is 368 g/mol. The highest BCUT2D eigenvalue weighted by atomic mass is 79.9. The molecule has 2 aromatic carbocycles. The number of rotatable bonds is 2. The van der Waals surface area contributed by atoms with Gasteiger partial charge in [-0.3, -0.25) is 15.5 Å². The van der Waals surface area contributed by atoms with Crippen LogP contribution in [0.2, 0.25) is 0 Å². The van der Waals surface area contributed by atoms with Crippen LogP contribution in [0.4, 0.5) is 0 Å². The molecule has 0 aliphatic carbocycles. The predicted octanol–water partition coefficient (Wildman–Crippen LogP) is 3.60. The van der Waals surface area contributed by atoms with Crippen LogP contribution in [-0.2, 0) is 0 Å². The number of halogens is 1. The monoisotopic (exact) mass is 382 g/mol. The standard InChI is InChI=1S/C18H15BrN4O/c1-10-5-2-3-6-11(10)15-9-12(17(24)23-18(20)21)16-13(19)7-4-8-14(16)22-15/h2-9H,1H3,(H4,20,21,23,24). The van der Waals surface area contributed by atoms with Crippen LogP contribution in [0, 0.1) is 12.3 Å². The molecule has 1 aromatic heterocycles. The van der Waals surface area contributed by atoms with Crippen molar-refractivity contribution in [2.45, 2.75) is 6.92 Å². The number of benzene rings is 2. The predicted molar refractivity (Wildman–Crippen MR) is 99.0 cm³/mol. The van der Waals surface area contributed by atoms with Gasteiger partial charge in [0.15, 0.2) is 5.96 Å². The van der Waals surface area contributed by atoms with Gasteiger partial charge in [-0.25, -0.2) is 4.98 Å². The van der Waals surface area contributed by atoms with Gasteiger partial charge in [-0.2, -0.15) is 0 Å². The molecule has 1 amide bonds. The molecule has 0 bridgehead atoms. The lowest BCUT2D eigenvalue weighted by Crippen LogP contribution is -2.35. The number of hydrogen-bond acceptors (Lipinski definition) is 3. The molecule has 1 heterocycles. The molecule has 0 atom stereocenters. The maximum Gasteiger partial charge on any atom is 0.258 e. The zero-order chi connectivity index (χ0) is 17.3. The van der Waals surface area contributed by atoms with E-state index in [9.17, 15) is 4.79 Å². The molecule has 3 aromatic rings. The third kappa shape index (κ3) is 3.00. The van der Waals surface area contributed by atoms with E-state index in [4.69, 9.17) is 16.1 Å². The Morgan fingerprint density at radius 2 is 1.96 bits per heavy atom. The first-order valence-electron chi connectivity index (χ1n) is 7.28. The van der Waals surface area contributed by atoms with E-state index in [0.717, 1.165) is 15.6 Å². The van der Waals surface area contributed by atoms with Gasteiger partial charge in [0.2, 0.25) is 0 Å². The fraction of sp³-hybridized carbons (Fsp3) is 0.0556. The molecule has 120 valence electrons. The summed E-state index contributed by atoms with van der Waals surface area (Å²) < 4.78 is 0.762. The van der Waals surface area contributed by atoms with Gasteiger partial charge in [-0.15, -0.1) is 0 Å². The van der Waals surface area contributed by atoms with Crippen molar-refractivity contribution in [2.75, 3.05) is 0 Å². The number of amides is 1. The van der Waals surface area contributed by atoms with Crippen molar-refractivity contribution in [2.24, 2.45) is 5.73 Å². The maximum absolute atomic E-state index is 12.5. The van der Waals surface area contributed by atoms with Crippen LogP contribution in [0.15, 0.2) is 53.0 Å². The average Bonchev–Trinajstić information content (AvgIpc) is 2.54. The maximum atomic E-state index is 12.5. The Bertz CT molecular complexity index is 968. The number of nitrogens with two attached hydrogens (primary N) is 1. The Morgan fingerprint density at radius 1 is 1.21 bits per heavy atom. The first kappa shape index (κ1) is 16.1. The van der Waals surface area contributed by atoms with Gasteiger partial charge >= 0.3 is 0 Å². The van der Waals surface area contributed by atoms with Gasteiger partial charge in [0.1, 0.15) is 0 Å². The summed E-state index contributed by atoms with van der Waals surface area (Å²) in [5, 5.41) is 10.3. The number of aryl methyl sites for hydroxylation is 1. The quantitative estimate of drug-likeness (QED) is 0.467. The van der Waals surface area contributed by atoms with Crippen molar-refractivity contribution in [1.29, 1.82) is 5.41 Å². The van der Waals surface area contributed by atoms with Crippen LogP contribution in [0.5, 0.6) is 0 Å². The Balaban J connectivity index is 2.29. The minimum Gasteiger partial charge on any atom is -0.370 e. The van der Waals surface area contributed by atoms with E-state index in [-0.39, 0.29) is 0 Å². The topological polar surface area (TPSA) is 91.9 Å². The largest absolute Gasteiger partial charge is 0.370 e. The molecule has 0 saturated heterocycles. The first-order valence-corrected chi connectivity index (χ1v) is 8.07. The van der Waals surface area contributed by atoms with E-state index < -0.39 is 11.9 Å². The molecule has 0 radical (unpaired) electrons. The lowest BCUT2D eigenvalue weighted by Gasteiger charge is -2.12. The molecule has 0 unspecified atom stereocenters. The number of aromatic nitrogens is 1. The zero-order valence-electron chi connectivity index (χ0n) is 12.9. The number of carbonyl (C=O) groups is 1. The Kier molecular flexibility index (Phi) is 4.31. The normalized spacial score (nSPS) is 10.6. The second kappa shape index (κ2) is 6.41. The highest BCUT2D eigenvalue weighted by Gasteiger charge is 2.17. The van der Waals surface area contributed by atoms with Gasteiger partial charge in [0.25, 0.3) is 5.91 Å². The lowest BCUT2D eigenvalue weighted by molar-refractivity contribution is 0.0978. The van der Waals surface area contributed by atoms with Crippen LogP contribution in [-0.4, -0.2) is 16.9 Å². The molecule has 24 heavy (non-hydrogen) atoms. The van der Waals surface area contributed by atoms with Gasteiger partial charge in [-0.1, -0.05) is 46.3 Å². The van der Waals surface area contributed by atoms with E-state index in [2.05, 4.69) is 21.2 Å². The smallest absolute Gasteiger partial charge is 0.258 e. The Hall–Kier alpha value is -2.73. The molecule has 0 spiro atoms. The molecule has 5 nitrogen and oxygen atoms in total. The molecule has 0 saturated carbocycles. The van der Waals surface area contributed by atoms with E-state index in [1.165, 1.54) is 0 Å². The molecule has 4 N–H and O–H groups in total. The van der Waals surface area contributed by atoms with Gasteiger partial charge in [0.05, 0.1) is 16.8 Å². The van der Waals surface area contributed by atoms with Crippen molar-refractivity contribution in [3.63, 3.8) is 0 Å². The minimum atomic E-state index is -0.434. The third-order valence-corrected chi connectivity index (χ3v) is 4.36. The van der Waals surface area contributed by atoms with Gasteiger partial charge < -0.3 is 5.73 Å². The summed E-state index contributed by atoms with van der Waals surface area (Å²) >= 11 is 3.47. The molecule has 0 aliphatic heterocycles. The fourth-order valence-corrected chi connectivity index (χ4v) is 3.18. The average molecular weight is 383 g/mol. The summed E-state index contributed by atoms with van der Waals surface area (Å²) in [6.07, 6.45) is 0. The number of fused-ring (bicyclic) bond motifs is 1. The van der Waals surface area contributed by atoms with Crippen LogP contribution < -0.4 is 11.1 Å². The van der Waals surface area contributed by atoms with Crippen molar-refractivity contribution in [3.8, 4) is 11.3 Å². The summed E-state index contributed by atoms with van der Waals surface area (Å²) in [6.45, 7) is 2.00. The number of hydrogen-bond donors (Lipinski definition) is 3. The molecule has 3 rings (SSSR count). The number of nitrogens with zero attached hydrogens (tertiary/aromatic N) is 1. The molecule has 6 heteroatoms. The fourth-order valence-electron chi connectivity index (χ4n) is 2.61. The second-order valence-corrected chi connectivity index (χ2v) is 6.23. The highest BCUT2D eigenvalue weighted by Crippen LogP contribution is 2.31. The number of pyridine rings is 1. The number of guanidine groups is 1. The minimum absolute atomic E-state index is 0.394. The van der Waals surface area contributed by atoms with Crippen LogP contribution in [0.25, 0.3) is 22.2 Å². The van der Waals surface area contributed by atoms with E-state index in [1.54, 1.807) is 6.07 Å². The Labute approximate surface area is 147 Å².